The quantitative estimate of drug-likeness (QED) is 0.643. The monoisotopic (exact) mass is 423 g/mol. The number of carbonyl (C=O) groups is 1. The van der Waals surface area contributed by atoms with Gasteiger partial charge in [0.25, 0.3) is 5.91 Å². The third kappa shape index (κ3) is 4.47. The molecule has 0 atom stereocenters. The number of aryl methyl sites for hydroxylation is 1. The van der Waals surface area contributed by atoms with Crippen molar-refractivity contribution in [3.8, 4) is 0 Å². The smallest absolute Gasteiger partial charge is 0.259 e. The van der Waals surface area contributed by atoms with E-state index in [0.29, 0.717) is 5.13 Å². The molecule has 2 aromatic carbocycles. The van der Waals surface area contributed by atoms with Crippen LogP contribution in [-0.4, -0.2) is 25.4 Å². The molecule has 0 fully saturated rings. The summed E-state index contributed by atoms with van der Waals surface area (Å²) >= 11 is 7.46. The highest BCUT2D eigenvalue weighted by atomic mass is 35.5. The fourth-order valence-corrected chi connectivity index (χ4v) is 4.91. The predicted molar refractivity (Wildman–Crippen MR) is 109 cm³/mol. The highest BCUT2D eigenvalue weighted by molar-refractivity contribution is 7.89. The largest absolute Gasteiger partial charge is 0.298 e. The fourth-order valence-electron chi connectivity index (χ4n) is 2.47. The van der Waals surface area contributed by atoms with E-state index in [9.17, 15) is 13.2 Å². The molecule has 0 saturated heterocycles. The van der Waals surface area contributed by atoms with Crippen LogP contribution in [0.4, 0.5) is 5.13 Å². The van der Waals surface area contributed by atoms with Crippen molar-refractivity contribution in [2.75, 3.05) is 5.32 Å². The number of fused-ring (bicyclic) bond motifs is 1. The van der Waals surface area contributed by atoms with Crippen molar-refractivity contribution >= 4 is 54.2 Å². The van der Waals surface area contributed by atoms with Gasteiger partial charge >= 0.3 is 0 Å². The molecule has 0 aliphatic carbocycles. The number of nitrogens with zero attached hydrogens (tertiary/aromatic N) is 1. The maximum absolute atomic E-state index is 12.6. The Kier molecular flexibility index (Phi) is 5.53. The number of hydrogen-bond donors (Lipinski definition) is 2. The number of hydrogen-bond acceptors (Lipinski definition) is 5. The fraction of sp³-hybridized carbons (Fsp3) is 0.222. The normalized spacial score (nSPS) is 11.9. The van der Waals surface area contributed by atoms with Crippen LogP contribution in [0.15, 0.2) is 41.3 Å². The van der Waals surface area contributed by atoms with Crippen molar-refractivity contribution in [1.29, 1.82) is 0 Å². The molecule has 6 nitrogen and oxygen atoms in total. The summed E-state index contributed by atoms with van der Waals surface area (Å²) in [7, 11) is -3.73. The van der Waals surface area contributed by atoms with Gasteiger partial charge in [-0.3, -0.25) is 10.1 Å². The van der Waals surface area contributed by atoms with Crippen molar-refractivity contribution in [3.05, 3.63) is 52.5 Å². The minimum Gasteiger partial charge on any atom is -0.298 e. The third-order valence-corrected chi connectivity index (χ3v) is 6.57. The van der Waals surface area contributed by atoms with Crippen molar-refractivity contribution in [1.82, 2.24) is 9.71 Å². The standard InChI is InChI=1S/C18H18ClN3O3S2/c1-10(2)22-27(24,25)12-5-6-14(19)13(9-12)17(23)21-18-20-15-7-4-11(3)8-16(15)26-18/h4-10,22H,1-3H3,(H,20,21,23). The molecule has 0 aliphatic rings. The SMILES string of the molecule is Cc1ccc2nc(NC(=O)c3cc(S(=O)(=O)NC(C)C)ccc3Cl)sc2c1. The molecule has 9 heteroatoms. The summed E-state index contributed by atoms with van der Waals surface area (Å²) in [6.45, 7) is 5.42. The van der Waals surface area contributed by atoms with Crippen molar-refractivity contribution < 1.29 is 13.2 Å². The number of carbonyl (C=O) groups excluding carboxylic acids is 1. The van der Waals surface area contributed by atoms with Gasteiger partial charge < -0.3 is 0 Å². The van der Waals surface area contributed by atoms with Gasteiger partial charge in [0.05, 0.1) is 25.7 Å². The summed E-state index contributed by atoms with van der Waals surface area (Å²) in [5.74, 6) is -0.516. The number of anilines is 1. The van der Waals surface area contributed by atoms with E-state index in [2.05, 4.69) is 15.0 Å². The minimum atomic E-state index is -3.73. The number of amides is 1. The van der Waals surface area contributed by atoms with Crippen molar-refractivity contribution in [2.24, 2.45) is 0 Å². The molecule has 0 unspecified atom stereocenters. The van der Waals surface area contributed by atoms with Crippen LogP contribution in [0.2, 0.25) is 5.02 Å². The zero-order valence-corrected chi connectivity index (χ0v) is 17.3. The highest BCUT2D eigenvalue weighted by Gasteiger charge is 2.20. The molecule has 1 aromatic heterocycles. The van der Waals surface area contributed by atoms with Gasteiger partial charge in [0.2, 0.25) is 10.0 Å². The van der Waals surface area contributed by atoms with Gasteiger partial charge in [-0.1, -0.05) is 29.0 Å². The third-order valence-electron chi connectivity index (χ3n) is 3.65. The summed E-state index contributed by atoms with van der Waals surface area (Å²) in [6, 6.07) is 9.57. The number of sulfonamides is 1. The minimum absolute atomic E-state index is 0.0225. The van der Waals surface area contributed by atoms with Crippen LogP contribution < -0.4 is 10.0 Å². The van der Waals surface area contributed by atoms with Gasteiger partial charge in [0, 0.05) is 6.04 Å². The molecular weight excluding hydrogens is 406 g/mol. The first-order chi connectivity index (χ1) is 12.7. The summed E-state index contributed by atoms with van der Waals surface area (Å²) < 4.78 is 28.1. The maximum atomic E-state index is 12.6. The van der Waals surface area contributed by atoms with Gasteiger partial charge in [0.15, 0.2) is 5.13 Å². The first-order valence-corrected chi connectivity index (χ1v) is 10.8. The topological polar surface area (TPSA) is 88.2 Å². The Bertz CT molecular complexity index is 1120. The Balaban J connectivity index is 1.90. The molecule has 1 amide bonds. The number of aromatic nitrogens is 1. The molecule has 3 aromatic rings. The first kappa shape index (κ1) is 19.8. The van der Waals surface area contributed by atoms with E-state index in [1.165, 1.54) is 29.5 Å². The summed E-state index contributed by atoms with van der Waals surface area (Å²) in [5.41, 5.74) is 1.95. The molecule has 3 rings (SSSR count). The molecule has 0 aliphatic heterocycles. The van der Waals surface area contributed by atoms with Crippen molar-refractivity contribution in [2.45, 2.75) is 31.7 Å². The van der Waals surface area contributed by atoms with Crippen LogP contribution in [0.1, 0.15) is 29.8 Å². The van der Waals surface area contributed by atoms with Gasteiger partial charge in [-0.05, 0) is 56.7 Å². The van der Waals surface area contributed by atoms with E-state index in [0.717, 1.165) is 15.8 Å². The van der Waals surface area contributed by atoms with E-state index in [-0.39, 0.29) is 21.5 Å². The predicted octanol–water partition coefficient (Wildman–Crippen LogP) is 4.20. The van der Waals surface area contributed by atoms with Crippen LogP contribution >= 0.6 is 22.9 Å². The zero-order valence-electron chi connectivity index (χ0n) is 14.9. The summed E-state index contributed by atoms with van der Waals surface area (Å²) in [4.78, 5) is 17.0. The lowest BCUT2D eigenvalue weighted by Crippen LogP contribution is -2.30. The second kappa shape index (κ2) is 7.55. The van der Waals surface area contributed by atoms with E-state index in [1.54, 1.807) is 13.8 Å². The van der Waals surface area contributed by atoms with Gasteiger partial charge in [0.1, 0.15) is 0 Å². The molecule has 0 spiro atoms. The van der Waals surface area contributed by atoms with E-state index >= 15 is 0 Å². The summed E-state index contributed by atoms with van der Waals surface area (Å²) in [5, 5.41) is 3.28. The average molecular weight is 424 g/mol. The maximum Gasteiger partial charge on any atom is 0.259 e. The number of halogens is 1. The lowest BCUT2D eigenvalue weighted by molar-refractivity contribution is 0.102. The summed E-state index contributed by atoms with van der Waals surface area (Å²) in [6.07, 6.45) is 0. The van der Waals surface area contributed by atoms with Gasteiger partial charge in [-0.25, -0.2) is 18.1 Å². The molecule has 27 heavy (non-hydrogen) atoms. The molecule has 0 radical (unpaired) electrons. The Labute approximate surface area is 166 Å². The second-order valence-corrected chi connectivity index (χ2v) is 9.51. The Morgan fingerprint density at radius 2 is 1.93 bits per heavy atom. The van der Waals surface area contributed by atoms with Crippen LogP contribution in [0, 0.1) is 6.92 Å². The van der Waals surface area contributed by atoms with Crippen LogP contribution in [0.25, 0.3) is 10.2 Å². The molecule has 0 saturated carbocycles. The second-order valence-electron chi connectivity index (χ2n) is 6.36. The average Bonchev–Trinajstić information content (AvgIpc) is 2.94. The lowest BCUT2D eigenvalue weighted by atomic mass is 10.2. The molecule has 1 heterocycles. The zero-order chi connectivity index (χ0) is 19.8. The van der Waals surface area contributed by atoms with Crippen molar-refractivity contribution in [3.63, 3.8) is 0 Å². The van der Waals surface area contributed by atoms with Gasteiger partial charge in [-0.2, -0.15) is 0 Å². The molecule has 2 N–H and O–H groups in total. The first-order valence-electron chi connectivity index (χ1n) is 8.16. The number of benzene rings is 2. The molecule has 142 valence electrons. The number of thiazole rings is 1. The van der Waals surface area contributed by atoms with Crippen LogP contribution in [0.5, 0.6) is 0 Å². The Morgan fingerprint density at radius 1 is 1.19 bits per heavy atom. The van der Waals surface area contributed by atoms with E-state index < -0.39 is 15.9 Å². The Hall–Kier alpha value is -2.00. The lowest BCUT2D eigenvalue weighted by Gasteiger charge is -2.11. The van der Waals surface area contributed by atoms with Crippen LogP contribution in [0.3, 0.4) is 0 Å². The van der Waals surface area contributed by atoms with E-state index in [1.807, 2.05) is 25.1 Å². The molecule has 0 bridgehead atoms. The highest BCUT2D eigenvalue weighted by Crippen LogP contribution is 2.28. The van der Waals surface area contributed by atoms with E-state index in [4.69, 9.17) is 11.6 Å². The number of rotatable bonds is 5. The van der Waals surface area contributed by atoms with Crippen LogP contribution in [-0.2, 0) is 10.0 Å². The number of nitrogens with one attached hydrogen (secondary N) is 2. The van der Waals surface area contributed by atoms with Gasteiger partial charge in [-0.15, -0.1) is 0 Å². The Morgan fingerprint density at radius 3 is 2.63 bits per heavy atom. The molecular formula is C18H18ClN3O3S2.